The highest BCUT2D eigenvalue weighted by Gasteiger charge is 2.34. The Morgan fingerprint density at radius 1 is 1.31 bits per heavy atom. The SMILES string of the molecule is CCC(C)NC(=NCCc1ccco1)N1CCCC(S(=O)(=O)NC2CCCC2)C1. The highest BCUT2D eigenvalue weighted by molar-refractivity contribution is 7.90. The van der Waals surface area contributed by atoms with Gasteiger partial charge in [0.15, 0.2) is 5.96 Å². The molecule has 0 amide bonds. The van der Waals surface area contributed by atoms with Crippen LogP contribution in [0.3, 0.4) is 0 Å². The van der Waals surface area contributed by atoms with Gasteiger partial charge in [-0.05, 0) is 51.2 Å². The lowest BCUT2D eigenvalue weighted by atomic mass is 10.1. The second-order valence-electron chi connectivity index (χ2n) is 8.34. The summed E-state index contributed by atoms with van der Waals surface area (Å²) in [5, 5.41) is 3.11. The summed E-state index contributed by atoms with van der Waals surface area (Å²) in [5.74, 6) is 1.73. The van der Waals surface area contributed by atoms with Gasteiger partial charge < -0.3 is 14.6 Å². The van der Waals surface area contributed by atoms with Crippen molar-refractivity contribution in [2.45, 2.75) is 82.5 Å². The lowest BCUT2D eigenvalue weighted by Crippen LogP contribution is -2.54. The largest absolute Gasteiger partial charge is 0.469 e. The molecule has 1 aromatic rings. The minimum absolute atomic E-state index is 0.120. The van der Waals surface area contributed by atoms with E-state index in [9.17, 15) is 8.42 Å². The fraction of sp³-hybridized carbons (Fsp3) is 0.762. The zero-order chi connectivity index (χ0) is 20.7. The third-order valence-electron chi connectivity index (χ3n) is 5.99. The first-order valence-electron chi connectivity index (χ1n) is 11.1. The second-order valence-corrected chi connectivity index (χ2v) is 10.3. The summed E-state index contributed by atoms with van der Waals surface area (Å²) in [7, 11) is -3.31. The first kappa shape index (κ1) is 22.2. The molecule has 1 saturated heterocycles. The van der Waals surface area contributed by atoms with E-state index in [-0.39, 0.29) is 17.3 Å². The number of hydrogen-bond acceptors (Lipinski definition) is 4. The van der Waals surface area contributed by atoms with Crippen LogP contribution in [0.25, 0.3) is 0 Å². The number of likely N-dealkylation sites (tertiary alicyclic amines) is 1. The molecule has 0 bridgehead atoms. The van der Waals surface area contributed by atoms with Crippen LogP contribution in [0, 0.1) is 0 Å². The van der Waals surface area contributed by atoms with E-state index in [2.05, 4.69) is 28.8 Å². The van der Waals surface area contributed by atoms with Crippen molar-refractivity contribution in [1.82, 2.24) is 14.9 Å². The van der Waals surface area contributed by atoms with E-state index >= 15 is 0 Å². The van der Waals surface area contributed by atoms with Gasteiger partial charge in [-0.1, -0.05) is 19.8 Å². The van der Waals surface area contributed by atoms with Crippen LogP contribution in [0.1, 0.15) is 64.6 Å². The highest BCUT2D eigenvalue weighted by atomic mass is 32.2. The van der Waals surface area contributed by atoms with E-state index in [0.29, 0.717) is 19.5 Å². The van der Waals surface area contributed by atoms with Crippen molar-refractivity contribution in [2.75, 3.05) is 19.6 Å². The zero-order valence-corrected chi connectivity index (χ0v) is 18.6. The van der Waals surface area contributed by atoms with Crippen LogP contribution in [0.2, 0.25) is 0 Å². The lowest BCUT2D eigenvalue weighted by molar-refractivity contribution is 0.324. The van der Waals surface area contributed by atoms with Crippen molar-refractivity contribution in [1.29, 1.82) is 0 Å². The predicted molar refractivity (Wildman–Crippen MR) is 117 cm³/mol. The van der Waals surface area contributed by atoms with Crippen LogP contribution in [-0.2, 0) is 16.4 Å². The van der Waals surface area contributed by atoms with Gasteiger partial charge in [-0.3, -0.25) is 4.99 Å². The van der Waals surface area contributed by atoms with Crippen LogP contribution in [-0.4, -0.2) is 56.2 Å². The Labute approximate surface area is 175 Å². The maximum Gasteiger partial charge on any atom is 0.216 e. The van der Waals surface area contributed by atoms with Crippen molar-refractivity contribution in [3.63, 3.8) is 0 Å². The summed E-state index contributed by atoms with van der Waals surface area (Å²) in [6.07, 6.45) is 9.12. The summed E-state index contributed by atoms with van der Waals surface area (Å²) in [5.41, 5.74) is 0. The monoisotopic (exact) mass is 424 g/mol. The Morgan fingerprint density at radius 2 is 2.10 bits per heavy atom. The molecule has 2 unspecified atom stereocenters. The number of sulfonamides is 1. The molecule has 29 heavy (non-hydrogen) atoms. The van der Waals surface area contributed by atoms with Crippen LogP contribution < -0.4 is 10.0 Å². The van der Waals surface area contributed by atoms with E-state index in [4.69, 9.17) is 9.41 Å². The molecule has 1 aromatic heterocycles. The quantitative estimate of drug-likeness (QED) is 0.495. The molecule has 164 valence electrons. The normalized spacial score (nSPS) is 22.8. The van der Waals surface area contributed by atoms with Gasteiger partial charge >= 0.3 is 0 Å². The van der Waals surface area contributed by atoms with E-state index in [0.717, 1.165) is 63.2 Å². The predicted octanol–water partition coefficient (Wildman–Crippen LogP) is 2.89. The minimum atomic E-state index is -3.31. The average molecular weight is 425 g/mol. The summed E-state index contributed by atoms with van der Waals surface area (Å²) in [4.78, 5) is 6.91. The first-order valence-corrected chi connectivity index (χ1v) is 12.6. The first-order chi connectivity index (χ1) is 14.0. The van der Waals surface area contributed by atoms with Gasteiger partial charge in [0.1, 0.15) is 5.76 Å². The lowest BCUT2D eigenvalue weighted by Gasteiger charge is -2.36. The van der Waals surface area contributed by atoms with Crippen molar-refractivity contribution in [3.05, 3.63) is 24.2 Å². The maximum absolute atomic E-state index is 12.9. The molecule has 2 heterocycles. The molecule has 2 atom stereocenters. The summed E-state index contributed by atoms with van der Waals surface area (Å²) >= 11 is 0. The van der Waals surface area contributed by atoms with E-state index in [1.165, 1.54) is 0 Å². The molecule has 3 rings (SSSR count). The molecule has 1 saturated carbocycles. The van der Waals surface area contributed by atoms with Crippen molar-refractivity contribution in [2.24, 2.45) is 4.99 Å². The Kier molecular flexibility index (Phi) is 8.00. The fourth-order valence-corrected chi connectivity index (χ4v) is 5.79. The number of rotatable bonds is 8. The average Bonchev–Trinajstić information content (AvgIpc) is 3.41. The highest BCUT2D eigenvalue weighted by Crippen LogP contribution is 2.22. The number of aliphatic imine (C=N–C) groups is 1. The van der Waals surface area contributed by atoms with Crippen LogP contribution in [0.15, 0.2) is 27.8 Å². The number of nitrogens with zero attached hydrogens (tertiary/aromatic N) is 2. The Morgan fingerprint density at radius 3 is 2.79 bits per heavy atom. The number of guanidine groups is 1. The Balaban J connectivity index is 1.65. The van der Waals surface area contributed by atoms with E-state index in [1.54, 1.807) is 6.26 Å². The molecule has 7 nitrogen and oxygen atoms in total. The molecular weight excluding hydrogens is 388 g/mol. The molecule has 2 N–H and O–H groups in total. The third kappa shape index (κ3) is 6.47. The molecule has 2 aliphatic rings. The number of furan rings is 1. The molecule has 0 aromatic carbocycles. The van der Waals surface area contributed by atoms with E-state index < -0.39 is 10.0 Å². The summed E-state index contributed by atoms with van der Waals surface area (Å²) < 4.78 is 34.3. The summed E-state index contributed by atoms with van der Waals surface area (Å²) in [6, 6.07) is 4.24. The minimum Gasteiger partial charge on any atom is -0.469 e. The van der Waals surface area contributed by atoms with Gasteiger partial charge in [-0.25, -0.2) is 13.1 Å². The van der Waals surface area contributed by atoms with Gasteiger partial charge in [0.25, 0.3) is 0 Å². The van der Waals surface area contributed by atoms with Gasteiger partial charge in [0, 0.05) is 38.1 Å². The smallest absolute Gasteiger partial charge is 0.216 e. The molecule has 1 aliphatic heterocycles. The standard InChI is InChI=1S/C21H36N4O3S/c1-3-17(2)23-21(22-13-12-19-10-7-15-28-19)25-14-6-11-20(16-25)29(26,27)24-18-8-4-5-9-18/h7,10,15,17-18,20,24H,3-6,8-9,11-14,16H2,1-2H3,(H,22,23). The molecule has 0 spiro atoms. The van der Waals surface area contributed by atoms with Gasteiger partial charge in [0.2, 0.25) is 10.0 Å². The number of piperidine rings is 1. The Bertz CT molecular complexity index is 742. The number of nitrogens with one attached hydrogen (secondary N) is 2. The van der Waals surface area contributed by atoms with Crippen LogP contribution >= 0.6 is 0 Å². The molecule has 2 fully saturated rings. The van der Waals surface area contributed by atoms with Crippen LogP contribution in [0.4, 0.5) is 0 Å². The Hall–Kier alpha value is -1.54. The molecule has 0 radical (unpaired) electrons. The summed E-state index contributed by atoms with van der Waals surface area (Å²) in [6.45, 7) is 6.19. The van der Waals surface area contributed by atoms with E-state index in [1.807, 2.05) is 12.1 Å². The van der Waals surface area contributed by atoms with Crippen LogP contribution in [0.5, 0.6) is 0 Å². The third-order valence-corrected chi connectivity index (χ3v) is 7.91. The fourth-order valence-electron chi connectivity index (χ4n) is 4.04. The maximum atomic E-state index is 12.9. The molecule has 8 heteroatoms. The van der Waals surface area contributed by atoms with Crippen molar-refractivity contribution >= 4 is 16.0 Å². The van der Waals surface area contributed by atoms with Gasteiger partial charge in [-0.2, -0.15) is 0 Å². The topological polar surface area (TPSA) is 86.9 Å². The van der Waals surface area contributed by atoms with Crippen molar-refractivity contribution in [3.8, 4) is 0 Å². The molecular formula is C21H36N4O3S. The zero-order valence-electron chi connectivity index (χ0n) is 17.8. The van der Waals surface area contributed by atoms with Gasteiger partial charge in [0.05, 0.1) is 11.5 Å². The van der Waals surface area contributed by atoms with Gasteiger partial charge in [-0.15, -0.1) is 0 Å². The molecule has 1 aliphatic carbocycles. The second kappa shape index (κ2) is 10.5. The van der Waals surface area contributed by atoms with Crippen molar-refractivity contribution < 1.29 is 12.8 Å². The number of hydrogen-bond donors (Lipinski definition) is 2.